The van der Waals surface area contributed by atoms with Crippen LogP contribution in [0.1, 0.15) is 41.7 Å². The van der Waals surface area contributed by atoms with Crippen molar-refractivity contribution in [3.8, 4) is 0 Å². The molecule has 0 aliphatic carbocycles. The van der Waals surface area contributed by atoms with E-state index in [1.807, 2.05) is 4.57 Å². The first-order chi connectivity index (χ1) is 22.4. The second kappa shape index (κ2) is 15.4. The number of nitrogen functional groups attached to an aromatic ring is 1. The van der Waals surface area contributed by atoms with Crippen molar-refractivity contribution in [2.45, 2.75) is 50.7 Å². The topological polar surface area (TPSA) is 277 Å². The van der Waals surface area contributed by atoms with Gasteiger partial charge >= 0.3 is 11.9 Å². The molecule has 9 N–H and O–H groups in total. The number of aromatic amines is 1. The second-order valence-electron chi connectivity index (χ2n) is 10.7. The minimum Gasteiger partial charge on any atom is -0.480 e. The molecule has 1 aromatic carbocycles. The fourth-order valence-corrected chi connectivity index (χ4v) is 4.51. The van der Waals surface area contributed by atoms with Crippen LogP contribution in [0.3, 0.4) is 0 Å². The predicted molar refractivity (Wildman–Crippen MR) is 169 cm³/mol. The standard InChI is InChI=1S/C29H35N11O7/c1-39(21-13-33-24-23(36-21)26(43)38-29(31)37-24)18-6-4-16(5-7-18)25(42)35-20(28(46)47)8-9-22(41)32-10-2-3-11-40-14-17(34-15-40)12-19(30)27(44)45/h4-7,13-15,19-20H,2-3,8-12,30H2,1H3,(H,32,41)(H,35,42)(H,44,45)(H,46,47)(H3,31,33,37,38,43). The number of H-pyrrole nitrogens is 1. The summed E-state index contributed by atoms with van der Waals surface area (Å²) in [6.45, 7) is 0.990. The molecule has 3 aromatic heterocycles. The van der Waals surface area contributed by atoms with E-state index in [2.05, 4.69) is 35.6 Å². The van der Waals surface area contributed by atoms with Crippen molar-refractivity contribution in [1.82, 2.24) is 40.1 Å². The number of carboxylic acid groups (broad SMARTS) is 2. The average Bonchev–Trinajstić information content (AvgIpc) is 3.48. The van der Waals surface area contributed by atoms with Crippen molar-refractivity contribution in [2.24, 2.45) is 5.73 Å². The third kappa shape index (κ3) is 9.30. The molecule has 0 fully saturated rings. The zero-order valence-corrected chi connectivity index (χ0v) is 25.4. The summed E-state index contributed by atoms with van der Waals surface area (Å²) in [6, 6.07) is 3.95. The highest BCUT2D eigenvalue weighted by molar-refractivity contribution is 5.97. The molecule has 0 radical (unpaired) electrons. The number of rotatable bonds is 16. The number of nitrogens with zero attached hydrogens (tertiary/aromatic N) is 6. The van der Waals surface area contributed by atoms with Gasteiger partial charge in [-0.15, -0.1) is 0 Å². The molecule has 2 unspecified atom stereocenters. The minimum atomic E-state index is -1.28. The third-order valence-corrected chi connectivity index (χ3v) is 7.15. The molecular weight excluding hydrogens is 614 g/mol. The van der Waals surface area contributed by atoms with Crippen LogP contribution in [-0.4, -0.2) is 89.1 Å². The Morgan fingerprint density at radius 3 is 2.51 bits per heavy atom. The number of anilines is 3. The Morgan fingerprint density at radius 2 is 1.81 bits per heavy atom. The number of carbonyl (C=O) groups excluding carboxylic acids is 2. The first kappa shape index (κ1) is 34.0. The van der Waals surface area contributed by atoms with Gasteiger partial charge in [-0.1, -0.05) is 0 Å². The summed E-state index contributed by atoms with van der Waals surface area (Å²) in [5.41, 5.74) is 12.0. The van der Waals surface area contributed by atoms with Gasteiger partial charge in [-0.3, -0.25) is 24.2 Å². The fourth-order valence-electron chi connectivity index (χ4n) is 4.51. The number of amides is 2. The van der Waals surface area contributed by atoms with Gasteiger partial charge in [0.05, 0.1) is 18.2 Å². The molecule has 248 valence electrons. The molecule has 0 bridgehead atoms. The molecule has 2 amide bonds. The van der Waals surface area contributed by atoms with Crippen molar-refractivity contribution in [3.05, 3.63) is 64.6 Å². The lowest BCUT2D eigenvalue weighted by Crippen LogP contribution is -2.41. The van der Waals surface area contributed by atoms with Crippen LogP contribution in [0.5, 0.6) is 0 Å². The smallest absolute Gasteiger partial charge is 0.326 e. The van der Waals surface area contributed by atoms with E-state index in [0.29, 0.717) is 43.1 Å². The number of hydrogen-bond acceptors (Lipinski definition) is 12. The maximum absolute atomic E-state index is 12.8. The van der Waals surface area contributed by atoms with E-state index < -0.39 is 35.5 Å². The molecule has 0 aliphatic rings. The van der Waals surface area contributed by atoms with E-state index in [9.17, 15) is 29.1 Å². The molecule has 4 aromatic rings. The predicted octanol–water partition coefficient (Wildman–Crippen LogP) is -0.226. The Hall–Kier alpha value is -5.91. The number of imidazole rings is 1. The van der Waals surface area contributed by atoms with Crippen LogP contribution in [0.25, 0.3) is 11.2 Å². The highest BCUT2D eigenvalue weighted by Gasteiger charge is 2.22. The molecule has 0 saturated heterocycles. The number of nitrogens with one attached hydrogen (secondary N) is 3. The van der Waals surface area contributed by atoms with Crippen LogP contribution in [0.2, 0.25) is 0 Å². The van der Waals surface area contributed by atoms with E-state index in [1.165, 1.54) is 18.3 Å². The summed E-state index contributed by atoms with van der Waals surface area (Å²) in [4.78, 5) is 80.5. The van der Waals surface area contributed by atoms with Gasteiger partial charge in [-0.25, -0.2) is 19.7 Å². The summed E-state index contributed by atoms with van der Waals surface area (Å²) in [5, 5.41) is 23.7. The van der Waals surface area contributed by atoms with Crippen LogP contribution >= 0.6 is 0 Å². The Morgan fingerprint density at radius 1 is 1.06 bits per heavy atom. The van der Waals surface area contributed by atoms with Crippen molar-refractivity contribution in [1.29, 1.82) is 0 Å². The van der Waals surface area contributed by atoms with E-state index >= 15 is 0 Å². The number of benzene rings is 1. The Kier molecular flexibility index (Phi) is 11.1. The first-order valence-corrected chi connectivity index (χ1v) is 14.6. The Balaban J connectivity index is 1.21. The van der Waals surface area contributed by atoms with Gasteiger partial charge in [-0.2, -0.15) is 4.98 Å². The summed E-state index contributed by atoms with van der Waals surface area (Å²) >= 11 is 0. The lowest BCUT2D eigenvalue weighted by atomic mass is 10.1. The molecule has 18 heteroatoms. The fraction of sp³-hybridized carbons (Fsp3) is 0.345. The number of aromatic nitrogens is 6. The maximum Gasteiger partial charge on any atom is 0.326 e. The van der Waals surface area contributed by atoms with Crippen molar-refractivity contribution < 1.29 is 29.4 Å². The Bertz CT molecular complexity index is 1810. The lowest BCUT2D eigenvalue weighted by Gasteiger charge is -2.19. The zero-order chi connectivity index (χ0) is 34.1. The molecule has 0 aliphatic heterocycles. The van der Waals surface area contributed by atoms with Crippen LogP contribution in [0, 0.1) is 0 Å². The van der Waals surface area contributed by atoms with E-state index in [1.54, 1.807) is 36.6 Å². The van der Waals surface area contributed by atoms with E-state index in [4.69, 9.17) is 16.6 Å². The van der Waals surface area contributed by atoms with Gasteiger partial charge < -0.3 is 41.8 Å². The second-order valence-corrected chi connectivity index (χ2v) is 10.7. The molecule has 0 spiro atoms. The zero-order valence-electron chi connectivity index (χ0n) is 25.4. The van der Waals surface area contributed by atoms with Crippen LogP contribution in [-0.2, 0) is 27.3 Å². The number of carbonyl (C=O) groups is 4. The van der Waals surface area contributed by atoms with Crippen molar-refractivity contribution >= 4 is 52.4 Å². The number of carboxylic acids is 2. The first-order valence-electron chi connectivity index (χ1n) is 14.6. The molecular formula is C29H35N11O7. The van der Waals surface area contributed by atoms with Gasteiger partial charge in [0.1, 0.15) is 12.1 Å². The molecule has 18 nitrogen and oxygen atoms in total. The van der Waals surface area contributed by atoms with Crippen LogP contribution < -0.4 is 32.6 Å². The number of hydrogen-bond donors (Lipinski definition) is 7. The van der Waals surface area contributed by atoms with Gasteiger partial charge in [0.25, 0.3) is 11.5 Å². The number of aliphatic carboxylic acids is 2. The number of nitrogens with two attached hydrogens (primary N) is 2. The summed E-state index contributed by atoms with van der Waals surface area (Å²) in [5.74, 6) is -3.07. The van der Waals surface area contributed by atoms with Crippen LogP contribution in [0.15, 0.2) is 47.8 Å². The summed E-state index contributed by atoms with van der Waals surface area (Å²) in [7, 11) is 1.69. The Labute approximate surface area is 267 Å². The van der Waals surface area contributed by atoms with Gasteiger partial charge in [-0.05, 0) is 43.5 Å². The molecule has 47 heavy (non-hydrogen) atoms. The number of unbranched alkanes of at least 4 members (excludes halogenated alkanes) is 1. The summed E-state index contributed by atoms with van der Waals surface area (Å²) in [6.07, 6.45) is 6.03. The SMILES string of the molecule is CN(c1ccc(C(=O)NC(CCC(=O)NCCCCn2cnc(CC(N)C(=O)O)c2)C(=O)O)cc1)c1cnc2nc(N)[nH]c(=O)c2n1. The van der Waals surface area contributed by atoms with Gasteiger partial charge in [0.2, 0.25) is 11.9 Å². The highest BCUT2D eigenvalue weighted by Crippen LogP contribution is 2.22. The largest absolute Gasteiger partial charge is 0.480 e. The normalized spacial score (nSPS) is 12.3. The quantitative estimate of drug-likeness (QED) is 0.0773. The number of aryl methyl sites for hydroxylation is 1. The van der Waals surface area contributed by atoms with Crippen molar-refractivity contribution in [2.75, 3.05) is 24.2 Å². The maximum atomic E-state index is 12.8. The third-order valence-electron chi connectivity index (χ3n) is 7.15. The van der Waals surface area contributed by atoms with E-state index in [-0.39, 0.29) is 47.8 Å². The number of fused-ring (bicyclic) bond motifs is 1. The lowest BCUT2D eigenvalue weighted by molar-refractivity contribution is -0.140. The average molecular weight is 650 g/mol. The van der Waals surface area contributed by atoms with E-state index in [0.717, 1.165) is 0 Å². The highest BCUT2D eigenvalue weighted by atomic mass is 16.4. The van der Waals surface area contributed by atoms with Crippen molar-refractivity contribution in [3.63, 3.8) is 0 Å². The molecule has 0 saturated carbocycles. The van der Waals surface area contributed by atoms with Gasteiger partial charge in [0.15, 0.2) is 17.0 Å². The monoisotopic (exact) mass is 649 g/mol. The summed E-state index contributed by atoms with van der Waals surface area (Å²) < 4.78 is 1.82. The molecule has 2 atom stereocenters. The van der Waals surface area contributed by atoms with Crippen LogP contribution in [0.4, 0.5) is 17.5 Å². The molecule has 3 heterocycles. The van der Waals surface area contributed by atoms with Gasteiger partial charge in [0, 0.05) is 50.4 Å². The molecule has 4 rings (SSSR count). The minimum absolute atomic E-state index is 0.00998.